The molecule has 0 aromatic carbocycles. The molecule has 0 spiro atoms. The lowest BCUT2D eigenvalue weighted by molar-refractivity contribution is 0.121. The third kappa shape index (κ3) is 3.21. The van der Waals surface area contributed by atoms with Gasteiger partial charge in [-0.05, 0) is 24.6 Å². The third-order valence-corrected chi connectivity index (χ3v) is 3.45. The maximum Gasteiger partial charge on any atom is 0.318 e. The molecule has 1 fully saturated rings. The molecule has 0 saturated carbocycles. The summed E-state index contributed by atoms with van der Waals surface area (Å²) in [6, 6.07) is 3.13. The minimum absolute atomic E-state index is 0.0672. The molecule has 1 aromatic rings. The van der Waals surface area contributed by atoms with Crippen LogP contribution < -0.4 is 5.32 Å². The Labute approximate surface area is 112 Å². The van der Waals surface area contributed by atoms with Crippen molar-refractivity contribution < 1.29 is 14.6 Å². The van der Waals surface area contributed by atoms with Crippen LogP contribution >= 0.6 is 0 Å². The second-order valence-corrected chi connectivity index (χ2v) is 4.73. The summed E-state index contributed by atoms with van der Waals surface area (Å²) < 4.78 is 5.10. The molecule has 0 radical (unpaired) electrons. The fraction of sp³-hybridized carbons (Fsp3) is 0.538. The largest absolute Gasteiger partial charge is 0.388 e. The first-order chi connectivity index (χ1) is 9.09. The molecule has 1 aliphatic heterocycles. The summed E-state index contributed by atoms with van der Waals surface area (Å²) in [5, 5.41) is 12.4. The van der Waals surface area contributed by atoms with Crippen molar-refractivity contribution in [1.82, 2.24) is 15.2 Å². The number of pyridine rings is 1. The monoisotopic (exact) mass is 265 g/mol. The van der Waals surface area contributed by atoms with Gasteiger partial charge >= 0.3 is 6.03 Å². The molecule has 1 aromatic heterocycles. The summed E-state index contributed by atoms with van der Waals surface area (Å²) in [4.78, 5) is 17.6. The van der Waals surface area contributed by atoms with Crippen LogP contribution in [-0.4, -0.2) is 53.4 Å². The van der Waals surface area contributed by atoms with Crippen molar-refractivity contribution in [2.24, 2.45) is 0 Å². The number of aliphatic hydroxyl groups excluding tert-OH is 1. The number of nitrogens with zero attached hydrogens (tertiary/aromatic N) is 2. The molecule has 1 aliphatic rings. The zero-order valence-electron chi connectivity index (χ0n) is 11.1. The lowest BCUT2D eigenvalue weighted by Crippen LogP contribution is -2.48. The molecule has 6 nitrogen and oxygen atoms in total. The summed E-state index contributed by atoms with van der Waals surface area (Å²) in [6.07, 6.45) is 2.77. The average Bonchev–Trinajstić information content (AvgIpc) is 2.83. The Hall–Kier alpha value is -1.66. The first-order valence-electron chi connectivity index (χ1n) is 6.28. The number of hydrogen-bond acceptors (Lipinski definition) is 4. The Morgan fingerprint density at radius 2 is 2.21 bits per heavy atom. The number of ether oxygens (including phenoxy) is 1. The Balaban J connectivity index is 1.95. The zero-order valence-corrected chi connectivity index (χ0v) is 11.1. The number of urea groups is 1. The highest BCUT2D eigenvalue weighted by molar-refractivity contribution is 5.74. The minimum atomic E-state index is -0.631. The van der Waals surface area contributed by atoms with Crippen LogP contribution in [0.15, 0.2) is 24.5 Å². The molecule has 6 heteroatoms. The van der Waals surface area contributed by atoms with Gasteiger partial charge in [0.1, 0.15) is 0 Å². The lowest BCUT2D eigenvalue weighted by Gasteiger charge is -2.27. The molecule has 0 unspecified atom stereocenters. The molecule has 0 bridgehead atoms. The van der Waals surface area contributed by atoms with Gasteiger partial charge in [0.05, 0.1) is 31.4 Å². The van der Waals surface area contributed by atoms with Crippen molar-refractivity contribution in [2.75, 3.05) is 20.3 Å². The summed E-state index contributed by atoms with van der Waals surface area (Å²) in [6.45, 7) is 2.56. The van der Waals surface area contributed by atoms with Crippen molar-refractivity contribution in [3.63, 3.8) is 0 Å². The third-order valence-electron chi connectivity index (χ3n) is 3.45. The van der Waals surface area contributed by atoms with Gasteiger partial charge in [-0.3, -0.25) is 4.98 Å². The Bertz CT molecular complexity index is 426. The van der Waals surface area contributed by atoms with Crippen LogP contribution in [-0.2, 0) is 4.74 Å². The second kappa shape index (κ2) is 5.99. The lowest BCUT2D eigenvalue weighted by atomic mass is 10.1. The number of carbonyl (C=O) groups excluding carboxylic acids is 1. The van der Waals surface area contributed by atoms with Gasteiger partial charge in [0.2, 0.25) is 0 Å². The molecule has 2 heterocycles. The van der Waals surface area contributed by atoms with Gasteiger partial charge in [0.15, 0.2) is 0 Å². The maximum atomic E-state index is 12.1. The smallest absolute Gasteiger partial charge is 0.318 e. The number of carbonyl (C=O) groups is 1. The number of amides is 2. The highest BCUT2D eigenvalue weighted by atomic mass is 16.5. The van der Waals surface area contributed by atoms with Crippen molar-refractivity contribution in [3.8, 4) is 0 Å². The van der Waals surface area contributed by atoms with E-state index >= 15 is 0 Å². The van der Waals surface area contributed by atoms with Gasteiger partial charge < -0.3 is 20.1 Å². The van der Waals surface area contributed by atoms with Crippen LogP contribution in [0, 0.1) is 0 Å². The molecule has 1 saturated heterocycles. The number of aliphatic hydroxyl groups is 1. The highest BCUT2D eigenvalue weighted by Gasteiger charge is 2.29. The van der Waals surface area contributed by atoms with Crippen molar-refractivity contribution in [2.45, 2.75) is 25.1 Å². The van der Waals surface area contributed by atoms with Gasteiger partial charge in [0, 0.05) is 19.4 Å². The molecule has 2 rings (SSSR count). The van der Waals surface area contributed by atoms with Gasteiger partial charge in [-0.2, -0.15) is 0 Å². The Morgan fingerprint density at radius 1 is 1.53 bits per heavy atom. The van der Waals surface area contributed by atoms with Gasteiger partial charge in [-0.25, -0.2) is 4.79 Å². The number of nitrogens with one attached hydrogen (secondary N) is 1. The minimum Gasteiger partial charge on any atom is -0.388 e. The van der Waals surface area contributed by atoms with Crippen LogP contribution in [0.1, 0.15) is 18.5 Å². The standard InChI is InChI=1S/C13H19N3O3/c1-9(10-3-5-14-6-4-10)16(2)13(18)15-11-7-19-8-12(11)17/h3-6,9,11-12,17H,7-8H2,1-2H3,(H,15,18)/t9-,11-,12-/m0/s1. The van der Waals surface area contributed by atoms with E-state index in [-0.39, 0.29) is 24.7 Å². The zero-order chi connectivity index (χ0) is 13.8. The molecule has 0 aliphatic carbocycles. The van der Waals surface area contributed by atoms with E-state index in [2.05, 4.69) is 10.3 Å². The van der Waals surface area contributed by atoms with Crippen LogP contribution in [0.5, 0.6) is 0 Å². The van der Waals surface area contributed by atoms with E-state index in [4.69, 9.17) is 4.74 Å². The van der Waals surface area contributed by atoms with Crippen molar-refractivity contribution in [1.29, 1.82) is 0 Å². The summed E-state index contributed by atoms with van der Waals surface area (Å²) in [5.74, 6) is 0. The topological polar surface area (TPSA) is 74.7 Å². The molecule has 19 heavy (non-hydrogen) atoms. The first kappa shape index (κ1) is 13.8. The van der Waals surface area contributed by atoms with Crippen LogP contribution in [0.2, 0.25) is 0 Å². The van der Waals surface area contributed by atoms with Gasteiger partial charge in [-0.1, -0.05) is 0 Å². The number of rotatable bonds is 3. The molecular weight excluding hydrogens is 246 g/mol. The van der Waals surface area contributed by atoms with Gasteiger partial charge in [0.25, 0.3) is 0 Å². The van der Waals surface area contributed by atoms with E-state index in [1.807, 2.05) is 19.1 Å². The van der Waals surface area contributed by atoms with Gasteiger partial charge in [-0.15, -0.1) is 0 Å². The summed E-state index contributed by atoms with van der Waals surface area (Å²) in [5.41, 5.74) is 1.01. The second-order valence-electron chi connectivity index (χ2n) is 4.73. The Morgan fingerprint density at radius 3 is 2.79 bits per heavy atom. The highest BCUT2D eigenvalue weighted by Crippen LogP contribution is 2.18. The summed E-state index contributed by atoms with van der Waals surface area (Å²) >= 11 is 0. The predicted molar refractivity (Wildman–Crippen MR) is 69.6 cm³/mol. The SMILES string of the molecule is C[C@@H](c1ccncc1)N(C)C(=O)N[C@H]1COC[C@@H]1O. The normalized spacial score (nSPS) is 23.9. The van der Waals surface area contributed by atoms with Crippen LogP contribution in [0.4, 0.5) is 4.79 Å². The molecule has 3 atom stereocenters. The van der Waals surface area contributed by atoms with E-state index in [0.717, 1.165) is 5.56 Å². The van der Waals surface area contributed by atoms with E-state index in [0.29, 0.717) is 6.61 Å². The van der Waals surface area contributed by atoms with E-state index in [9.17, 15) is 9.90 Å². The van der Waals surface area contributed by atoms with E-state index in [1.165, 1.54) is 0 Å². The van der Waals surface area contributed by atoms with Crippen molar-refractivity contribution >= 4 is 6.03 Å². The molecule has 104 valence electrons. The number of aromatic nitrogens is 1. The Kier molecular flexibility index (Phi) is 4.34. The molecule has 2 amide bonds. The maximum absolute atomic E-state index is 12.1. The average molecular weight is 265 g/mol. The first-order valence-corrected chi connectivity index (χ1v) is 6.28. The quantitative estimate of drug-likeness (QED) is 0.836. The molecule has 2 N–H and O–H groups in total. The fourth-order valence-corrected chi connectivity index (χ4v) is 1.98. The number of hydrogen-bond donors (Lipinski definition) is 2. The molecular formula is C13H19N3O3. The van der Waals surface area contributed by atoms with Crippen LogP contribution in [0.3, 0.4) is 0 Å². The fourth-order valence-electron chi connectivity index (χ4n) is 1.98. The van der Waals surface area contributed by atoms with Crippen LogP contribution in [0.25, 0.3) is 0 Å². The summed E-state index contributed by atoms with van der Waals surface area (Å²) in [7, 11) is 1.72. The van der Waals surface area contributed by atoms with E-state index < -0.39 is 6.10 Å². The van der Waals surface area contributed by atoms with E-state index in [1.54, 1.807) is 24.3 Å². The van der Waals surface area contributed by atoms with Crippen molar-refractivity contribution in [3.05, 3.63) is 30.1 Å². The predicted octanol–water partition coefficient (Wildman–Crippen LogP) is 0.544.